The Labute approximate surface area is 77.2 Å². The lowest BCUT2D eigenvalue weighted by Crippen LogP contribution is -2.31. The third-order valence-corrected chi connectivity index (χ3v) is 3.72. The summed E-state index contributed by atoms with van der Waals surface area (Å²) in [5.74, 6) is -0.509. The van der Waals surface area contributed by atoms with Crippen molar-refractivity contribution in [1.82, 2.24) is 8.61 Å². The van der Waals surface area contributed by atoms with Gasteiger partial charge in [0.2, 0.25) is 0 Å². The molecule has 76 valence electrons. The van der Waals surface area contributed by atoms with Crippen LogP contribution in [-0.4, -0.2) is 56.8 Å². The molecule has 1 rings (SSSR count). The second-order valence-corrected chi connectivity index (χ2v) is 4.99. The lowest BCUT2D eigenvalue weighted by molar-refractivity contribution is -0.140. The zero-order valence-electron chi connectivity index (χ0n) is 7.72. The van der Waals surface area contributed by atoms with Gasteiger partial charge in [-0.25, -0.2) is 0 Å². The molecule has 1 aliphatic heterocycles. The summed E-state index contributed by atoms with van der Waals surface area (Å²) in [7, 11) is 0.632. The first-order chi connectivity index (χ1) is 5.91. The highest BCUT2D eigenvalue weighted by Gasteiger charge is 2.50. The van der Waals surface area contributed by atoms with Gasteiger partial charge < -0.3 is 4.74 Å². The minimum atomic E-state index is -3.44. The highest BCUT2D eigenvalue weighted by Crippen LogP contribution is 2.24. The Morgan fingerprint density at radius 2 is 2.08 bits per heavy atom. The van der Waals surface area contributed by atoms with Gasteiger partial charge in [-0.1, -0.05) is 0 Å². The smallest absolute Gasteiger partial charge is 0.325 e. The molecule has 1 fully saturated rings. The van der Waals surface area contributed by atoms with E-state index in [9.17, 15) is 13.2 Å². The summed E-state index contributed by atoms with van der Waals surface area (Å²) >= 11 is 0. The molecule has 0 spiro atoms. The number of carbonyl (C=O) groups is 1. The fourth-order valence-electron chi connectivity index (χ4n) is 0.916. The maximum absolute atomic E-state index is 11.4. The zero-order valence-corrected chi connectivity index (χ0v) is 8.54. The van der Waals surface area contributed by atoms with Crippen LogP contribution in [0.4, 0.5) is 0 Å². The Bertz CT molecular complexity index is 311. The van der Waals surface area contributed by atoms with Crippen molar-refractivity contribution in [2.24, 2.45) is 0 Å². The number of hydrogen-bond acceptors (Lipinski definition) is 4. The second-order valence-electron chi connectivity index (χ2n) is 2.90. The first-order valence-corrected chi connectivity index (χ1v) is 5.08. The predicted molar refractivity (Wildman–Crippen MR) is 45.1 cm³/mol. The number of methoxy groups -OCH3 is 1. The molecule has 0 radical (unpaired) electrons. The summed E-state index contributed by atoms with van der Waals surface area (Å²) in [6.07, 6.45) is 0. The zero-order chi connectivity index (χ0) is 10.2. The third kappa shape index (κ3) is 1.82. The Morgan fingerprint density at radius 1 is 1.54 bits per heavy atom. The van der Waals surface area contributed by atoms with Crippen LogP contribution >= 0.6 is 0 Å². The van der Waals surface area contributed by atoms with Crippen LogP contribution in [0.15, 0.2) is 0 Å². The predicted octanol–water partition coefficient (Wildman–Crippen LogP) is -1.35. The van der Waals surface area contributed by atoms with Crippen LogP contribution in [0.25, 0.3) is 0 Å². The van der Waals surface area contributed by atoms with Crippen LogP contribution in [0, 0.1) is 0 Å². The summed E-state index contributed by atoms with van der Waals surface area (Å²) in [6.45, 7) is 0.215. The van der Waals surface area contributed by atoms with Crippen LogP contribution in [0.3, 0.4) is 0 Å². The molecule has 1 heterocycles. The molecule has 2 atom stereocenters. The maximum atomic E-state index is 11.4. The van der Waals surface area contributed by atoms with Gasteiger partial charge in [0.1, 0.15) is 6.04 Å². The topological polar surface area (TPSA) is 66.7 Å². The molecule has 1 saturated heterocycles. The fraction of sp³-hybridized carbons (Fsp3) is 0.833. The van der Waals surface area contributed by atoms with Gasteiger partial charge in [-0.05, 0) is 0 Å². The van der Waals surface area contributed by atoms with Crippen molar-refractivity contribution in [2.75, 3.05) is 27.7 Å². The number of carbonyl (C=O) groups excluding carboxylic acids is 1. The molecule has 0 aromatic rings. The van der Waals surface area contributed by atoms with Crippen molar-refractivity contribution in [3.8, 4) is 0 Å². The SMILES string of the molecule is COC(=O)C1CN1S(=O)(=O)N(C)C. The number of rotatable bonds is 3. The van der Waals surface area contributed by atoms with Gasteiger partial charge in [0.25, 0.3) is 10.2 Å². The molecule has 2 unspecified atom stereocenters. The van der Waals surface area contributed by atoms with Crippen molar-refractivity contribution in [2.45, 2.75) is 6.04 Å². The van der Waals surface area contributed by atoms with Gasteiger partial charge in [-0.15, -0.1) is 0 Å². The number of ether oxygens (including phenoxy) is 1. The highest BCUT2D eigenvalue weighted by molar-refractivity contribution is 7.87. The molecule has 0 aromatic heterocycles. The van der Waals surface area contributed by atoms with Crippen LogP contribution in [0.2, 0.25) is 0 Å². The first kappa shape index (κ1) is 10.4. The highest BCUT2D eigenvalue weighted by atomic mass is 32.2. The van der Waals surface area contributed by atoms with E-state index in [-0.39, 0.29) is 6.54 Å². The van der Waals surface area contributed by atoms with E-state index < -0.39 is 22.2 Å². The van der Waals surface area contributed by atoms with Crippen LogP contribution < -0.4 is 0 Å². The molecule has 0 N–H and O–H groups in total. The van der Waals surface area contributed by atoms with E-state index in [1.165, 1.54) is 21.2 Å². The van der Waals surface area contributed by atoms with Gasteiger partial charge in [0.05, 0.1) is 7.11 Å². The Kier molecular flexibility index (Phi) is 2.60. The van der Waals surface area contributed by atoms with Gasteiger partial charge in [-0.3, -0.25) is 4.79 Å². The van der Waals surface area contributed by atoms with Crippen molar-refractivity contribution in [3.63, 3.8) is 0 Å². The van der Waals surface area contributed by atoms with Crippen molar-refractivity contribution < 1.29 is 17.9 Å². The van der Waals surface area contributed by atoms with Crippen LogP contribution in [-0.2, 0) is 19.7 Å². The number of hydrogen-bond donors (Lipinski definition) is 0. The Hall–Kier alpha value is -0.660. The van der Waals surface area contributed by atoms with Crippen LogP contribution in [0.5, 0.6) is 0 Å². The van der Waals surface area contributed by atoms with E-state index in [2.05, 4.69) is 4.74 Å². The third-order valence-electron chi connectivity index (χ3n) is 1.80. The average molecular weight is 208 g/mol. The summed E-state index contributed by atoms with van der Waals surface area (Å²) in [5.41, 5.74) is 0. The van der Waals surface area contributed by atoms with Gasteiger partial charge in [-0.2, -0.15) is 17.0 Å². The molecule has 0 saturated carbocycles. The van der Waals surface area contributed by atoms with Gasteiger partial charge in [0, 0.05) is 20.6 Å². The Morgan fingerprint density at radius 3 is 2.46 bits per heavy atom. The lowest BCUT2D eigenvalue weighted by Gasteiger charge is -2.11. The second kappa shape index (κ2) is 3.24. The fourth-order valence-corrected chi connectivity index (χ4v) is 2.07. The van der Waals surface area contributed by atoms with E-state index in [0.29, 0.717) is 0 Å². The average Bonchev–Trinajstić information content (AvgIpc) is 2.81. The molecular weight excluding hydrogens is 196 g/mol. The quantitative estimate of drug-likeness (QED) is 0.425. The number of nitrogens with zero attached hydrogens (tertiary/aromatic N) is 2. The molecule has 0 aromatic carbocycles. The molecule has 7 heteroatoms. The van der Waals surface area contributed by atoms with Crippen LogP contribution in [0.1, 0.15) is 0 Å². The minimum Gasteiger partial charge on any atom is -0.468 e. The van der Waals surface area contributed by atoms with E-state index in [0.717, 1.165) is 8.61 Å². The summed E-state index contributed by atoms with van der Waals surface area (Å²) in [6, 6.07) is -0.627. The van der Waals surface area contributed by atoms with E-state index >= 15 is 0 Å². The minimum absolute atomic E-state index is 0.215. The molecular formula is C6H12N2O4S. The van der Waals surface area contributed by atoms with Crippen molar-refractivity contribution in [3.05, 3.63) is 0 Å². The van der Waals surface area contributed by atoms with E-state index in [1.54, 1.807) is 0 Å². The lowest BCUT2D eigenvalue weighted by atomic mass is 10.5. The molecule has 0 amide bonds. The summed E-state index contributed by atoms with van der Waals surface area (Å²) in [5, 5.41) is 0. The molecule has 6 nitrogen and oxygen atoms in total. The number of esters is 1. The molecule has 13 heavy (non-hydrogen) atoms. The van der Waals surface area contributed by atoms with Crippen molar-refractivity contribution in [1.29, 1.82) is 0 Å². The van der Waals surface area contributed by atoms with Crippen molar-refractivity contribution >= 4 is 16.2 Å². The largest absolute Gasteiger partial charge is 0.468 e. The molecule has 0 bridgehead atoms. The van der Waals surface area contributed by atoms with E-state index in [4.69, 9.17) is 0 Å². The monoisotopic (exact) mass is 208 g/mol. The normalized spacial score (nSPS) is 27.4. The maximum Gasteiger partial charge on any atom is 0.325 e. The Balaban J connectivity index is 2.67. The summed E-state index contributed by atoms with van der Waals surface area (Å²) in [4.78, 5) is 10.9. The van der Waals surface area contributed by atoms with E-state index in [1.807, 2.05) is 0 Å². The van der Waals surface area contributed by atoms with Gasteiger partial charge in [0.15, 0.2) is 0 Å². The molecule has 1 aliphatic rings. The summed E-state index contributed by atoms with van der Waals surface area (Å²) < 4.78 is 29.3. The molecule has 0 aliphatic carbocycles. The first-order valence-electron chi connectivity index (χ1n) is 3.68. The standard InChI is InChI=1S/C6H12N2O4S/c1-7(2)13(10,11)8-4-5(8)6(9)12-3/h5H,4H2,1-3H3. The van der Waals surface area contributed by atoms with Gasteiger partial charge >= 0.3 is 5.97 Å².